The third kappa shape index (κ3) is 3.43. The van der Waals surface area contributed by atoms with Crippen molar-refractivity contribution in [1.29, 1.82) is 0 Å². The topological polar surface area (TPSA) is 63.4 Å². The lowest BCUT2D eigenvalue weighted by molar-refractivity contribution is 0.471. The fourth-order valence-corrected chi connectivity index (χ4v) is 5.20. The number of nitrogens with two attached hydrogens (primary N) is 1. The number of nitrogens with zero attached hydrogens (tertiary/aromatic N) is 1. The Kier molecular flexibility index (Phi) is 4.75. The summed E-state index contributed by atoms with van der Waals surface area (Å²) in [4.78, 5) is 2.04. The van der Waals surface area contributed by atoms with Crippen LogP contribution in [0.4, 0.5) is 0 Å². The third-order valence-corrected chi connectivity index (χ3v) is 6.93. The van der Waals surface area contributed by atoms with E-state index in [2.05, 4.69) is 0 Å². The molecule has 2 aromatic heterocycles. The lowest BCUT2D eigenvalue weighted by Gasteiger charge is -2.14. The van der Waals surface area contributed by atoms with E-state index in [1.807, 2.05) is 23.6 Å². The zero-order valence-corrected chi connectivity index (χ0v) is 13.0. The summed E-state index contributed by atoms with van der Waals surface area (Å²) >= 11 is 2.86. The Balaban J connectivity index is 2.16. The molecule has 0 unspecified atom stereocenters. The predicted molar refractivity (Wildman–Crippen MR) is 80.0 cm³/mol. The van der Waals surface area contributed by atoms with Gasteiger partial charge in [-0.1, -0.05) is 6.07 Å². The Morgan fingerprint density at radius 3 is 2.68 bits per heavy atom. The lowest BCUT2D eigenvalue weighted by Crippen LogP contribution is -2.25. The van der Waals surface area contributed by atoms with Gasteiger partial charge in [0.15, 0.2) is 0 Å². The van der Waals surface area contributed by atoms with Gasteiger partial charge in [0.1, 0.15) is 4.21 Å². The molecule has 0 aromatic carbocycles. The predicted octanol–water partition coefficient (Wildman–Crippen LogP) is 2.13. The van der Waals surface area contributed by atoms with Gasteiger partial charge in [-0.15, -0.1) is 22.7 Å². The lowest BCUT2D eigenvalue weighted by atomic mass is 10.3. The number of sulfonamides is 1. The van der Waals surface area contributed by atoms with Gasteiger partial charge in [0.05, 0.1) is 0 Å². The Morgan fingerprint density at radius 2 is 2.05 bits per heavy atom. The van der Waals surface area contributed by atoms with Crippen molar-refractivity contribution in [2.75, 3.05) is 13.6 Å². The summed E-state index contributed by atoms with van der Waals surface area (Å²) in [5, 5.41) is 1.94. The van der Waals surface area contributed by atoms with Crippen molar-refractivity contribution in [3.63, 3.8) is 0 Å². The number of rotatable bonds is 6. The van der Waals surface area contributed by atoms with E-state index in [0.717, 1.165) is 16.2 Å². The molecular weight excluding hydrogens is 300 g/mol. The summed E-state index contributed by atoms with van der Waals surface area (Å²) in [6, 6.07) is 7.36. The van der Waals surface area contributed by atoms with Crippen LogP contribution in [-0.4, -0.2) is 26.3 Å². The van der Waals surface area contributed by atoms with E-state index >= 15 is 0 Å². The Bertz CT molecular complexity index is 617. The second kappa shape index (κ2) is 6.15. The van der Waals surface area contributed by atoms with Crippen molar-refractivity contribution >= 4 is 32.7 Å². The molecule has 0 radical (unpaired) electrons. The van der Waals surface area contributed by atoms with Crippen LogP contribution < -0.4 is 5.73 Å². The minimum atomic E-state index is -3.39. The summed E-state index contributed by atoms with van der Waals surface area (Å²) in [7, 11) is -1.79. The molecule has 0 aliphatic heterocycles. The highest BCUT2D eigenvalue weighted by Gasteiger charge is 2.23. The molecule has 0 amide bonds. The summed E-state index contributed by atoms with van der Waals surface area (Å²) in [5.41, 5.74) is 5.48. The average Bonchev–Trinajstić information content (AvgIpc) is 3.00. The molecule has 2 aromatic rings. The van der Waals surface area contributed by atoms with Crippen LogP contribution in [0.1, 0.15) is 9.75 Å². The highest BCUT2D eigenvalue weighted by molar-refractivity contribution is 7.91. The van der Waals surface area contributed by atoms with Crippen LogP contribution in [-0.2, 0) is 23.0 Å². The first kappa shape index (κ1) is 14.7. The highest BCUT2D eigenvalue weighted by atomic mass is 32.2. The van der Waals surface area contributed by atoms with Crippen LogP contribution in [0.2, 0.25) is 0 Å². The highest BCUT2D eigenvalue weighted by Crippen LogP contribution is 2.26. The molecule has 0 aliphatic carbocycles. The molecule has 0 spiro atoms. The van der Waals surface area contributed by atoms with Crippen molar-refractivity contribution < 1.29 is 8.42 Å². The van der Waals surface area contributed by atoms with E-state index in [1.165, 1.54) is 15.6 Å². The van der Waals surface area contributed by atoms with E-state index in [4.69, 9.17) is 5.73 Å². The van der Waals surface area contributed by atoms with E-state index in [1.54, 1.807) is 24.5 Å². The minimum Gasteiger partial charge on any atom is -0.330 e. The minimum absolute atomic E-state index is 0.384. The molecule has 0 atom stereocenters. The largest absolute Gasteiger partial charge is 0.330 e. The van der Waals surface area contributed by atoms with Gasteiger partial charge in [-0.25, -0.2) is 8.42 Å². The maximum atomic E-state index is 12.4. The molecule has 0 aliphatic rings. The van der Waals surface area contributed by atoms with E-state index in [-0.39, 0.29) is 0 Å². The Labute approximate surface area is 121 Å². The molecule has 4 nitrogen and oxygen atoms in total. The quantitative estimate of drug-likeness (QED) is 0.888. The van der Waals surface area contributed by atoms with E-state index in [9.17, 15) is 8.42 Å². The molecule has 0 bridgehead atoms. The summed E-state index contributed by atoms with van der Waals surface area (Å²) < 4.78 is 26.5. The van der Waals surface area contributed by atoms with E-state index in [0.29, 0.717) is 17.3 Å². The van der Waals surface area contributed by atoms with Gasteiger partial charge in [0.25, 0.3) is 10.0 Å². The molecule has 104 valence electrons. The van der Waals surface area contributed by atoms with Crippen LogP contribution in [0.25, 0.3) is 0 Å². The third-order valence-electron chi connectivity index (χ3n) is 2.65. The van der Waals surface area contributed by atoms with Gasteiger partial charge < -0.3 is 5.73 Å². The van der Waals surface area contributed by atoms with Crippen molar-refractivity contribution in [1.82, 2.24) is 4.31 Å². The first-order valence-electron chi connectivity index (χ1n) is 5.81. The fraction of sp³-hybridized carbons (Fsp3) is 0.333. The molecule has 0 fully saturated rings. The molecule has 0 saturated carbocycles. The maximum absolute atomic E-state index is 12.4. The summed E-state index contributed by atoms with van der Waals surface area (Å²) in [6.07, 6.45) is 0.717. The number of thiophene rings is 2. The van der Waals surface area contributed by atoms with Gasteiger partial charge in [0.2, 0.25) is 0 Å². The molecule has 19 heavy (non-hydrogen) atoms. The molecule has 7 heteroatoms. The average molecular weight is 316 g/mol. The van der Waals surface area contributed by atoms with Crippen molar-refractivity contribution in [3.8, 4) is 0 Å². The van der Waals surface area contributed by atoms with Crippen LogP contribution in [0.5, 0.6) is 0 Å². The SMILES string of the molecule is CN(Cc1cccs1)S(=O)(=O)c1ccc(CCN)s1. The zero-order chi connectivity index (χ0) is 13.9. The first-order valence-corrected chi connectivity index (χ1v) is 8.95. The Morgan fingerprint density at radius 1 is 1.26 bits per heavy atom. The molecule has 2 rings (SSSR count). The van der Waals surface area contributed by atoms with Crippen molar-refractivity contribution in [2.24, 2.45) is 5.73 Å². The van der Waals surface area contributed by atoms with Crippen LogP contribution >= 0.6 is 22.7 Å². The number of hydrogen-bond acceptors (Lipinski definition) is 5. The first-order chi connectivity index (χ1) is 9.04. The molecule has 0 saturated heterocycles. The monoisotopic (exact) mass is 316 g/mol. The van der Waals surface area contributed by atoms with Crippen molar-refractivity contribution in [3.05, 3.63) is 39.4 Å². The van der Waals surface area contributed by atoms with Crippen molar-refractivity contribution in [2.45, 2.75) is 17.2 Å². The summed E-state index contributed by atoms with van der Waals surface area (Å²) in [6.45, 7) is 0.940. The maximum Gasteiger partial charge on any atom is 0.252 e. The standard InChI is InChI=1S/C12H16N2O2S3/c1-14(9-11-3-2-8-17-11)19(15,16)12-5-4-10(18-12)6-7-13/h2-5,8H,6-7,9,13H2,1H3. The van der Waals surface area contributed by atoms with Crippen LogP contribution in [0.3, 0.4) is 0 Å². The van der Waals surface area contributed by atoms with Gasteiger partial charge in [-0.05, 0) is 36.5 Å². The zero-order valence-electron chi connectivity index (χ0n) is 10.6. The van der Waals surface area contributed by atoms with Crippen LogP contribution in [0.15, 0.2) is 33.9 Å². The van der Waals surface area contributed by atoms with E-state index < -0.39 is 10.0 Å². The molecule has 2 N–H and O–H groups in total. The fourth-order valence-electron chi connectivity index (χ4n) is 1.63. The van der Waals surface area contributed by atoms with Crippen LogP contribution in [0, 0.1) is 0 Å². The van der Waals surface area contributed by atoms with Gasteiger partial charge in [-0.2, -0.15) is 4.31 Å². The van der Waals surface area contributed by atoms with Gasteiger partial charge >= 0.3 is 0 Å². The smallest absolute Gasteiger partial charge is 0.252 e. The molecule has 2 heterocycles. The molecular formula is C12H16N2O2S3. The van der Waals surface area contributed by atoms with Gasteiger partial charge in [-0.3, -0.25) is 0 Å². The normalized spacial score (nSPS) is 12.2. The Hall–Kier alpha value is -0.730. The number of hydrogen-bond donors (Lipinski definition) is 1. The second-order valence-corrected chi connectivity index (χ2v) is 8.57. The second-order valence-electron chi connectivity index (χ2n) is 4.10. The summed E-state index contributed by atoms with van der Waals surface area (Å²) in [5.74, 6) is 0. The van der Waals surface area contributed by atoms with Gasteiger partial charge in [0, 0.05) is 23.3 Å².